The van der Waals surface area contributed by atoms with Crippen molar-refractivity contribution in [1.82, 2.24) is 0 Å². The molecule has 5 rings (SSSR count). The van der Waals surface area contributed by atoms with Gasteiger partial charge in [0.05, 0.1) is 0 Å². The molecule has 3 aliphatic carbocycles. The van der Waals surface area contributed by atoms with Gasteiger partial charge >= 0.3 is 0 Å². The molecule has 0 nitrogen and oxygen atoms in total. The van der Waals surface area contributed by atoms with Crippen LogP contribution in [0.5, 0.6) is 0 Å². The van der Waals surface area contributed by atoms with Crippen molar-refractivity contribution in [3.8, 4) is 0 Å². The van der Waals surface area contributed by atoms with Gasteiger partial charge in [-0.1, -0.05) is 62.2 Å². The Kier molecular flexibility index (Phi) is 4.42. The van der Waals surface area contributed by atoms with Gasteiger partial charge in [0, 0.05) is 0 Å². The van der Waals surface area contributed by atoms with Crippen molar-refractivity contribution in [3.63, 3.8) is 0 Å². The molecule has 0 unspecified atom stereocenters. The second-order valence-corrected chi connectivity index (χ2v) is 9.87. The number of rotatable bonds is 2. The van der Waals surface area contributed by atoms with Crippen molar-refractivity contribution in [2.24, 2.45) is 17.3 Å². The van der Waals surface area contributed by atoms with Gasteiger partial charge in [0.25, 0.3) is 0 Å². The van der Waals surface area contributed by atoms with Crippen LogP contribution in [0.4, 0.5) is 0 Å². The van der Waals surface area contributed by atoms with Crippen LogP contribution in [-0.4, -0.2) is 0 Å². The van der Waals surface area contributed by atoms with Gasteiger partial charge < -0.3 is 0 Å². The molecule has 2 aromatic carbocycles. The molecule has 0 radical (unpaired) electrons. The van der Waals surface area contributed by atoms with Gasteiger partial charge in [0.2, 0.25) is 0 Å². The Morgan fingerprint density at radius 1 is 0.926 bits per heavy atom. The number of hydrogen-bond donors (Lipinski definition) is 0. The first-order valence-corrected chi connectivity index (χ1v) is 11.3. The number of hydrogen-bond acceptors (Lipinski definition) is 0. The lowest BCUT2D eigenvalue weighted by atomic mass is 9.49. The predicted octanol–water partition coefficient (Wildman–Crippen LogP) is 7.22. The third-order valence-corrected chi connectivity index (χ3v) is 8.64. The average Bonchev–Trinajstić information content (AvgIpc) is 2.70. The molecule has 0 spiro atoms. The van der Waals surface area contributed by atoms with Crippen LogP contribution in [0, 0.1) is 24.2 Å². The Balaban J connectivity index is 1.52. The topological polar surface area (TPSA) is 0 Å². The normalized spacial score (nSPS) is 32.3. The highest BCUT2D eigenvalue weighted by molar-refractivity contribution is 5.47. The molecule has 0 amide bonds. The van der Waals surface area contributed by atoms with Crippen molar-refractivity contribution < 1.29 is 0 Å². The third-order valence-electron chi connectivity index (χ3n) is 8.64. The number of benzene rings is 2. The third kappa shape index (κ3) is 2.87. The van der Waals surface area contributed by atoms with E-state index in [4.69, 9.17) is 0 Å². The first-order chi connectivity index (χ1) is 13.2. The Morgan fingerprint density at radius 3 is 2.63 bits per heavy atom. The quantitative estimate of drug-likeness (QED) is 0.531. The van der Waals surface area contributed by atoms with Crippen molar-refractivity contribution in [1.29, 1.82) is 0 Å². The molecule has 0 saturated heterocycles. The standard InChI is InChI=1S/C27H34/c1-19-11-13-22-23(25(19)18-20-8-4-3-5-9-20)15-16-26-24(22)14-12-21-10-6-7-17-27(21,26)2/h3-5,8-9,11,13,21,24,26H,6-7,10,12,14-18H2,1-2H3/t21-,24-,26-,27+/m1/s1. The summed E-state index contributed by atoms with van der Waals surface area (Å²) in [7, 11) is 0. The molecule has 142 valence electrons. The van der Waals surface area contributed by atoms with Crippen LogP contribution in [-0.2, 0) is 12.8 Å². The highest BCUT2D eigenvalue weighted by atomic mass is 14.5. The van der Waals surface area contributed by atoms with Crippen molar-refractivity contribution >= 4 is 0 Å². The average molecular weight is 359 g/mol. The van der Waals surface area contributed by atoms with E-state index in [9.17, 15) is 0 Å². The number of fused-ring (bicyclic) bond motifs is 5. The van der Waals surface area contributed by atoms with Gasteiger partial charge in [-0.3, -0.25) is 0 Å². The van der Waals surface area contributed by atoms with Crippen LogP contribution < -0.4 is 0 Å². The zero-order chi connectivity index (χ0) is 18.4. The van der Waals surface area contributed by atoms with E-state index >= 15 is 0 Å². The zero-order valence-electron chi connectivity index (χ0n) is 17.1. The maximum Gasteiger partial charge on any atom is -0.00203 e. The summed E-state index contributed by atoms with van der Waals surface area (Å²) < 4.78 is 0. The monoisotopic (exact) mass is 358 g/mol. The fraction of sp³-hybridized carbons (Fsp3) is 0.556. The second kappa shape index (κ2) is 6.80. The predicted molar refractivity (Wildman–Crippen MR) is 114 cm³/mol. The fourth-order valence-corrected chi connectivity index (χ4v) is 7.15. The molecule has 2 saturated carbocycles. The van der Waals surface area contributed by atoms with Gasteiger partial charge in [-0.05, 0) is 103 Å². The molecule has 0 bridgehead atoms. The lowest BCUT2D eigenvalue weighted by Gasteiger charge is -2.56. The molecule has 0 heterocycles. The van der Waals surface area contributed by atoms with Gasteiger partial charge in [-0.15, -0.1) is 0 Å². The van der Waals surface area contributed by atoms with Gasteiger partial charge in [0.1, 0.15) is 0 Å². The summed E-state index contributed by atoms with van der Waals surface area (Å²) in [6.45, 7) is 4.99. The van der Waals surface area contributed by atoms with Gasteiger partial charge in [0.15, 0.2) is 0 Å². The van der Waals surface area contributed by atoms with E-state index in [0.29, 0.717) is 5.41 Å². The molecule has 0 aromatic heterocycles. The van der Waals surface area contributed by atoms with Crippen molar-refractivity contribution in [2.75, 3.05) is 0 Å². The molecule has 0 aliphatic heterocycles. The van der Waals surface area contributed by atoms with E-state index in [1.54, 1.807) is 16.7 Å². The minimum Gasteiger partial charge on any atom is -0.0622 e. The van der Waals surface area contributed by atoms with E-state index in [1.807, 2.05) is 0 Å². The van der Waals surface area contributed by atoms with Crippen LogP contribution in [0.2, 0.25) is 0 Å². The lowest BCUT2D eigenvalue weighted by Crippen LogP contribution is -2.46. The maximum absolute atomic E-state index is 2.66. The second-order valence-electron chi connectivity index (χ2n) is 9.87. The largest absolute Gasteiger partial charge is 0.0622 e. The number of aryl methyl sites for hydroxylation is 1. The molecule has 2 fully saturated rings. The summed E-state index contributed by atoms with van der Waals surface area (Å²) in [4.78, 5) is 0. The van der Waals surface area contributed by atoms with E-state index in [1.165, 1.54) is 62.5 Å². The summed E-state index contributed by atoms with van der Waals surface area (Å²) in [6.07, 6.45) is 12.7. The van der Waals surface area contributed by atoms with Crippen LogP contribution in [0.1, 0.15) is 85.6 Å². The van der Waals surface area contributed by atoms with Crippen LogP contribution >= 0.6 is 0 Å². The smallest absolute Gasteiger partial charge is 0.00203 e. The minimum absolute atomic E-state index is 0.614. The first kappa shape index (κ1) is 17.5. The molecular weight excluding hydrogens is 324 g/mol. The molecular formula is C27H34. The molecule has 3 aliphatic rings. The highest BCUT2D eigenvalue weighted by Gasteiger charge is 2.50. The van der Waals surface area contributed by atoms with Crippen molar-refractivity contribution in [3.05, 3.63) is 70.3 Å². The molecule has 0 heteroatoms. The van der Waals surface area contributed by atoms with Gasteiger partial charge in [-0.2, -0.15) is 0 Å². The Labute approximate surface area is 165 Å². The van der Waals surface area contributed by atoms with E-state index in [2.05, 4.69) is 56.3 Å². The Morgan fingerprint density at radius 2 is 1.78 bits per heavy atom. The Hall–Kier alpha value is -1.56. The van der Waals surface area contributed by atoms with Crippen LogP contribution in [0.15, 0.2) is 42.5 Å². The molecule has 4 atom stereocenters. The lowest BCUT2D eigenvalue weighted by molar-refractivity contribution is -0.0204. The van der Waals surface area contributed by atoms with E-state index in [0.717, 1.165) is 24.2 Å². The Bertz CT molecular complexity index is 817. The molecule has 2 aromatic rings. The minimum atomic E-state index is 0.614. The first-order valence-electron chi connectivity index (χ1n) is 11.3. The maximum atomic E-state index is 2.66. The van der Waals surface area contributed by atoms with Crippen molar-refractivity contribution in [2.45, 2.75) is 77.6 Å². The van der Waals surface area contributed by atoms with Crippen LogP contribution in [0.3, 0.4) is 0 Å². The van der Waals surface area contributed by atoms with Crippen LogP contribution in [0.25, 0.3) is 0 Å². The van der Waals surface area contributed by atoms with E-state index < -0.39 is 0 Å². The summed E-state index contributed by atoms with van der Waals surface area (Å²) in [5, 5.41) is 0. The van der Waals surface area contributed by atoms with E-state index in [-0.39, 0.29) is 0 Å². The molecule has 27 heavy (non-hydrogen) atoms. The summed E-state index contributed by atoms with van der Waals surface area (Å²) in [6, 6.07) is 16.0. The molecule has 0 N–H and O–H groups in total. The van der Waals surface area contributed by atoms with Gasteiger partial charge in [-0.25, -0.2) is 0 Å². The highest BCUT2D eigenvalue weighted by Crippen LogP contribution is 2.61. The summed E-state index contributed by atoms with van der Waals surface area (Å²) >= 11 is 0. The summed E-state index contributed by atoms with van der Waals surface area (Å²) in [5.41, 5.74) is 8.65. The fourth-order valence-electron chi connectivity index (χ4n) is 7.15. The SMILES string of the molecule is Cc1ccc2c(c1Cc1ccccc1)CC[C@@H]1[C@@H]2CC[C@H]2CCCC[C@@]21C. The zero-order valence-corrected chi connectivity index (χ0v) is 17.1. The summed E-state index contributed by atoms with van der Waals surface area (Å²) in [5.74, 6) is 2.75.